The van der Waals surface area contributed by atoms with E-state index in [-0.39, 0.29) is 11.1 Å². The van der Waals surface area contributed by atoms with Gasteiger partial charge in [0.1, 0.15) is 0 Å². The Labute approximate surface area is 153 Å². The molecular formula is C20H25NO5. The van der Waals surface area contributed by atoms with E-state index >= 15 is 0 Å². The topological polar surface area (TPSA) is 96.7 Å². The van der Waals surface area contributed by atoms with E-state index in [0.717, 1.165) is 26.0 Å². The van der Waals surface area contributed by atoms with Crippen molar-refractivity contribution >= 4 is 17.8 Å². The van der Waals surface area contributed by atoms with E-state index in [1.807, 2.05) is 13.0 Å². The summed E-state index contributed by atoms with van der Waals surface area (Å²) in [6.07, 6.45) is 8.02. The zero-order chi connectivity index (χ0) is 19.7. The summed E-state index contributed by atoms with van der Waals surface area (Å²) in [5.74, 6) is -1.41. The molecule has 3 atom stereocenters. The number of aliphatic hydroxyl groups is 2. The molecule has 1 aromatic rings. The van der Waals surface area contributed by atoms with Crippen molar-refractivity contribution in [1.29, 1.82) is 0 Å². The van der Waals surface area contributed by atoms with Crippen molar-refractivity contribution in [3.8, 4) is 0 Å². The first-order valence-electron chi connectivity index (χ1n) is 8.54. The number of hydrogen-bond acceptors (Lipinski definition) is 6. The van der Waals surface area contributed by atoms with Gasteiger partial charge in [-0.15, -0.1) is 0 Å². The maximum atomic E-state index is 12.4. The molecule has 0 radical (unpaired) electrons. The highest BCUT2D eigenvalue weighted by Gasteiger charge is 2.65. The number of carbonyl (C=O) groups excluding carboxylic acids is 2. The Morgan fingerprint density at radius 3 is 2.65 bits per heavy atom. The highest BCUT2D eigenvalue weighted by Crippen LogP contribution is 2.45. The minimum atomic E-state index is -2.47. The fraction of sp³-hybridized carbons (Fsp3) is 0.450. The Hall–Kier alpha value is -2.31. The minimum absolute atomic E-state index is 0.00226. The van der Waals surface area contributed by atoms with Crippen LogP contribution in [0.15, 0.2) is 30.0 Å². The van der Waals surface area contributed by atoms with Crippen LogP contribution < -0.4 is 0 Å². The number of carbonyl (C=O) groups is 2. The molecule has 0 saturated carbocycles. The summed E-state index contributed by atoms with van der Waals surface area (Å²) >= 11 is 0. The molecular weight excluding hydrogens is 334 g/mol. The maximum absolute atomic E-state index is 12.4. The van der Waals surface area contributed by atoms with Crippen LogP contribution in [0.2, 0.25) is 0 Å². The lowest BCUT2D eigenvalue weighted by Gasteiger charge is -2.31. The standard InChI is InChI=1S/C20H25NO5/c1-6-12(2)9-13(3)7-8-14-10-16-15(11-21-14)17(22)19(4,24)20(16,25)18(23)26-5/h7-12,24-25H,6H2,1-5H3. The van der Waals surface area contributed by atoms with E-state index in [4.69, 9.17) is 0 Å². The number of aromatic nitrogens is 1. The molecule has 0 spiro atoms. The molecule has 3 unspecified atom stereocenters. The summed E-state index contributed by atoms with van der Waals surface area (Å²) < 4.78 is 4.62. The highest BCUT2D eigenvalue weighted by molar-refractivity contribution is 6.13. The molecule has 0 amide bonds. The summed E-state index contributed by atoms with van der Waals surface area (Å²) in [7, 11) is 1.09. The lowest BCUT2D eigenvalue weighted by Crippen LogP contribution is -2.55. The van der Waals surface area contributed by atoms with E-state index in [9.17, 15) is 19.8 Å². The van der Waals surface area contributed by atoms with Crippen molar-refractivity contribution in [2.45, 2.75) is 45.3 Å². The van der Waals surface area contributed by atoms with Crippen molar-refractivity contribution < 1.29 is 24.5 Å². The Morgan fingerprint density at radius 2 is 2.08 bits per heavy atom. The number of hydrogen-bond donors (Lipinski definition) is 2. The predicted molar refractivity (Wildman–Crippen MR) is 97.4 cm³/mol. The Kier molecular flexibility index (Phi) is 5.49. The van der Waals surface area contributed by atoms with E-state index in [1.54, 1.807) is 6.08 Å². The van der Waals surface area contributed by atoms with E-state index in [2.05, 4.69) is 29.6 Å². The van der Waals surface area contributed by atoms with Gasteiger partial charge in [-0.05, 0) is 31.9 Å². The third-order valence-corrected chi connectivity index (χ3v) is 4.90. The Balaban J connectivity index is 2.48. The van der Waals surface area contributed by atoms with Crippen LogP contribution in [0.5, 0.6) is 0 Å². The van der Waals surface area contributed by atoms with Gasteiger partial charge in [0.15, 0.2) is 11.4 Å². The third kappa shape index (κ3) is 3.10. The third-order valence-electron chi connectivity index (χ3n) is 4.90. The lowest BCUT2D eigenvalue weighted by atomic mass is 9.84. The molecule has 26 heavy (non-hydrogen) atoms. The number of Topliss-reactive ketones (excluding diaryl/α,β-unsaturated/α-hetero) is 1. The van der Waals surface area contributed by atoms with Crippen LogP contribution in [0.1, 0.15) is 55.7 Å². The minimum Gasteiger partial charge on any atom is -0.467 e. The van der Waals surface area contributed by atoms with E-state index in [0.29, 0.717) is 11.6 Å². The number of allylic oxidation sites excluding steroid dienone is 3. The largest absolute Gasteiger partial charge is 0.467 e. The molecule has 0 aromatic carbocycles. The van der Waals surface area contributed by atoms with Gasteiger partial charge < -0.3 is 14.9 Å². The molecule has 0 aliphatic heterocycles. The van der Waals surface area contributed by atoms with Crippen LogP contribution in [-0.2, 0) is 15.1 Å². The normalized spacial score (nSPS) is 26.9. The molecule has 1 aliphatic carbocycles. The molecule has 6 heteroatoms. The summed E-state index contributed by atoms with van der Waals surface area (Å²) in [5, 5.41) is 21.3. The van der Waals surface area contributed by atoms with Gasteiger partial charge in [0, 0.05) is 17.3 Å². The fourth-order valence-electron chi connectivity index (χ4n) is 3.03. The Morgan fingerprint density at radius 1 is 1.42 bits per heavy atom. The lowest BCUT2D eigenvalue weighted by molar-refractivity contribution is -0.184. The molecule has 1 aromatic heterocycles. The second kappa shape index (κ2) is 7.13. The van der Waals surface area contributed by atoms with Crippen LogP contribution >= 0.6 is 0 Å². The Bertz CT molecular complexity index is 793. The quantitative estimate of drug-likeness (QED) is 0.619. The number of rotatable bonds is 5. The predicted octanol–water partition coefficient (Wildman–Crippen LogP) is 2.40. The molecule has 6 nitrogen and oxygen atoms in total. The second-order valence-corrected chi connectivity index (χ2v) is 6.89. The highest BCUT2D eigenvalue weighted by atomic mass is 16.5. The van der Waals surface area contributed by atoms with Gasteiger partial charge in [-0.2, -0.15) is 0 Å². The second-order valence-electron chi connectivity index (χ2n) is 6.89. The first kappa shape index (κ1) is 20.0. The molecule has 140 valence electrons. The van der Waals surface area contributed by atoms with Crippen molar-refractivity contribution in [2.24, 2.45) is 5.92 Å². The number of fused-ring (bicyclic) bond motifs is 1. The fourth-order valence-corrected chi connectivity index (χ4v) is 3.03. The van der Waals surface area contributed by atoms with Gasteiger partial charge in [-0.25, -0.2) is 4.79 Å². The van der Waals surface area contributed by atoms with Crippen molar-refractivity contribution in [3.63, 3.8) is 0 Å². The average molecular weight is 359 g/mol. The average Bonchev–Trinajstić information content (AvgIpc) is 2.77. The van der Waals surface area contributed by atoms with E-state index < -0.39 is 23.0 Å². The summed E-state index contributed by atoms with van der Waals surface area (Å²) in [6.45, 7) is 7.29. The first-order valence-corrected chi connectivity index (χ1v) is 8.54. The van der Waals surface area contributed by atoms with Crippen LogP contribution in [0, 0.1) is 5.92 Å². The molecule has 0 fully saturated rings. The van der Waals surface area contributed by atoms with Crippen molar-refractivity contribution in [1.82, 2.24) is 4.98 Å². The number of pyridine rings is 1. The van der Waals surface area contributed by atoms with Crippen molar-refractivity contribution in [3.05, 3.63) is 46.8 Å². The molecule has 1 aliphatic rings. The number of ketones is 1. The monoisotopic (exact) mass is 359 g/mol. The summed E-state index contributed by atoms with van der Waals surface area (Å²) in [4.78, 5) is 28.7. The number of ether oxygens (including phenoxy) is 1. The molecule has 2 rings (SSSR count). The van der Waals surface area contributed by atoms with Gasteiger partial charge in [-0.3, -0.25) is 9.78 Å². The summed E-state index contributed by atoms with van der Waals surface area (Å²) in [5.41, 5.74) is -3.29. The molecule has 2 N–H and O–H groups in total. The van der Waals surface area contributed by atoms with Gasteiger partial charge in [0.05, 0.1) is 12.8 Å². The summed E-state index contributed by atoms with van der Waals surface area (Å²) in [6, 6.07) is 1.43. The van der Waals surface area contributed by atoms with Gasteiger partial charge >= 0.3 is 5.97 Å². The van der Waals surface area contributed by atoms with Gasteiger partial charge in [0.25, 0.3) is 0 Å². The van der Waals surface area contributed by atoms with Gasteiger partial charge in [-0.1, -0.05) is 38.0 Å². The van der Waals surface area contributed by atoms with Crippen molar-refractivity contribution in [2.75, 3.05) is 7.11 Å². The van der Waals surface area contributed by atoms with Crippen LogP contribution in [0.3, 0.4) is 0 Å². The number of methoxy groups -OCH3 is 1. The molecule has 1 heterocycles. The van der Waals surface area contributed by atoms with Crippen LogP contribution in [0.4, 0.5) is 0 Å². The van der Waals surface area contributed by atoms with Gasteiger partial charge in [0.2, 0.25) is 5.60 Å². The zero-order valence-corrected chi connectivity index (χ0v) is 15.7. The van der Waals surface area contributed by atoms with E-state index in [1.165, 1.54) is 12.3 Å². The number of esters is 1. The first-order chi connectivity index (χ1) is 12.1. The SMILES string of the molecule is CCC(C)C=C(C)C=Cc1cc2c(cn1)C(=O)C(C)(O)C2(O)C(=O)OC. The maximum Gasteiger partial charge on any atom is 0.346 e. The van der Waals surface area contributed by atoms with Crippen LogP contribution in [-0.4, -0.2) is 39.7 Å². The smallest absolute Gasteiger partial charge is 0.346 e. The zero-order valence-electron chi connectivity index (χ0n) is 15.7. The molecule has 0 bridgehead atoms. The van der Waals surface area contributed by atoms with Crippen LogP contribution in [0.25, 0.3) is 6.08 Å². The molecule has 0 saturated heterocycles. The number of nitrogens with zero attached hydrogens (tertiary/aromatic N) is 1.